The predicted octanol–water partition coefficient (Wildman–Crippen LogP) is 4.56. The topological polar surface area (TPSA) is 39.2 Å². The summed E-state index contributed by atoms with van der Waals surface area (Å²) < 4.78 is 22.4. The molecule has 0 unspecified atom stereocenters. The quantitative estimate of drug-likeness (QED) is 0.763. The molecule has 106 valence electrons. The molecule has 0 fully saturated rings. The van der Waals surface area contributed by atoms with E-state index >= 15 is 0 Å². The van der Waals surface area contributed by atoms with E-state index in [2.05, 4.69) is 4.37 Å². The molecule has 20 heavy (non-hydrogen) atoms. The standard InChI is InChI=1S/C14H13ClFNO2S/c1-14(2,3)19-13(18)12-7-11(17-20-12)9-5-4-8(16)6-10(9)15/h4-7H,1-3H3. The molecule has 6 heteroatoms. The van der Waals surface area contributed by atoms with Gasteiger partial charge in [-0.1, -0.05) is 11.6 Å². The molecule has 0 aliphatic carbocycles. The predicted molar refractivity (Wildman–Crippen MR) is 77.7 cm³/mol. The second kappa shape index (κ2) is 5.50. The summed E-state index contributed by atoms with van der Waals surface area (Å²) in [5.41, 5.74) is 0.550. The molecular formula is C14H13ClFNO2S. The SMILES string of the molecule is CC(C)(C)OC(=O)c1cc(-c2ccc(F)cc2Cl)ns1. The second-order valence-corrected chi connectivity index (χ2v) is 6.41. The van der Waals surface area contributed by atoms with Gasteiger partial charge < -0.3 is 4.74 Å². The number of nitrogens with zero attached hydrogens (tertiary/aromatic N) is 1. The number of aromatic nitrogens is 1. The van der Waals surface area contributed by atoms with E-state index in [4.69, 9.17) is 16.3 Å². The number of esters is 1. The van der Waals surface area contributed by atoms with Crippen LogP contribution in [0.4, 0.5) is 4.39 Å². The molecule has 1 aromatic carbocycles. The highest BCUT2D eigenvalue weighted by molar-refractivity contribution is 7.08. The summed E-state index contributed by atoms with van der Waals surface area (Å²) in [6.45, 7) is 5.39. The number of halogens is 2. The zero-order valence-electron chi connectivity index (χ0n) is 11.2. The fourth-order valence-electron chi connectivity index (χ4n) is 1.52. The lowest BCUT2D eigenvalue weighted by Gasteiger charge is -2.18. The van der Waals surface area contributed by atoms with Gasteiger partial charge in [-0.05, 0) is 56.6 Å². The first-order chi connectivity index (χ1) is 9.26. The van der Waals surface area contributed by atoms with Crippen LogP contribution in [0.1, 0.15) is 30.4 Å². The Labute approximate surface area is 125 Å². The first-order valence-corrected chi connectivity index (χ1v) is 7.07. The molecule has 0 N–H and O–H groups in total. The van der Waals surface area contributed by atoms with Crippen LogP contribution in [0.3, 0.4) is 0 Å². The van der Waals surface area contributed by atoms with Crippen LogP contribution < -0.4 is 0 Å². The minimum absolute atomic E-state index is 0.256. The zero-order chi connectivity index (χ0) is 14.9. The van der Waals surface area contributed by atoms with E-state index < -0.39 is 17.4 Å². The van der Waals surface area contributed by atoms with Crippen LogP contribution in [-0.4, -0.2) is 15.9 Å². The van der Waals surface area contributed by atoms with E-state index in [0.29, 0.717) is 16.1 Å². The van der Waals surface area contributed by atoms with Crippen molar-refractivity contribution in [1.29, 1.82) is 0 Å². The van der Waals surface area contributed by atoms with Crippen molar-refractivity contribution in [2.75, 3.05) is 0 Å². The molecule has 0 bridgehead atoms. The summed E-state index contributed by atoms with van der Waals surface area (Å²) in [6, 6.07) is 5.64. The van der Waals surface area contributed by atoms with Crippen LogP contribution in [0, 0.1) is 5.82 Å². The first kappa shape index (κ1) is 14.9. The average molecular weight is 314 g/mol. The van der Waals surface area contributed by atoms with E-state index in [9.17, 15) is 9.18 Å². The van der Waals surface area contributed by atoms with Crippen LogP contribution in [0.25, 0.3) is 11.3 Å². The van der Waals surface area contributed by atoms with Gasteiger partial charge in [-0.2, -0.15) is 4.37 Å². The molecule has 0 saturated carbocycles. The molecule has 1 aromatic heterocycles. The van der Waals surface area contributed by atoms with Crippen molar-refractivity contribution in [3.63, 3.8) is 0 Å². The van der Waals surface area contributed by atoms with E-state index in [1.54, 1.807) is 26.8 Å². The highest BCUT2D eigenvalue weighted by atomic mass is 35.5. The summed E-state index contributed by atoms with van der Waals surface area (Å²) in [4.78, 5) is 12.3. The summed E-state index contributed by atoms with van der Waals surface area (Å²) >= 11 is 7.00. The molecule has 0 aliphatic rings. The Morgan fingerprint density at radius 1 is 1.35 bits per heavy atom. The minimum atomic E-state index is -0.561. The summed E-state index contributed by atoms with van der Waals surface area (Å²) in [6.07, 6.45) is 0. The van der Waals surface area contributed by atoms with Crippen molar-refractivity contribution in [2.24, 2.45) is 0 Å². The Kier molecular flexibility index (Phi) is 4.11. The van der Waals surface area contributed by atoms with Gasteiger partial charge in [0.25, 0.3) is 0 Å². The Hall–Kier alpha value is -1.46. The van der Waals surface area contributed by atoms with Crippen LogP contribution in [0.2, 0.25) is 5.02 Å². The molecule has 1 heterocycles. The van der Waals surface area contributed by atoms with Crippen molar-refractivity contribution in [1.82, 2.24) is 4.37 Å². The Balaban J connectivity index is 2.27. The fourth-order valence-corrected chi connectivity index (χ4v) is 2.42. The third-order valence-electron chi connectivity index (χ3n) is 2.32. The molecule has 0 radical (unpaired) electrons. The number of ether oxygens (including phenoxy) is 1. The molecule has 0 amide bonds. The van der Waals surface area contributed by atoms with Gasteiger partial charge in [-0.3, -0.25) is 0 Å². The zero-order valence-corrected chi connectivity index (χ0v) is 12.8. The molecule has 0 atom stereocenters. The maximum Gasteiger partial charge on any atom is 0.350 e. The summed E-state index contributed by atoms with van der Waals surface area (Å²) in [5, 5.41) is 0.256. The van der Waals surface area contributed by atoms with E-state index in [1.807, 2.05) is 0 Å². The average Bonchev–Trinajstić information content (AvgIpc) is 2.75. The lowest BCUT2D eigenvalue weighted by molar-refractivity contribution is 0.00752. The molecule has 0 spiro atoms. The van der Waals surface area contributed by atoms with Gasteiger partial charge in [0.05, 0.1) is 10.7 Å². The van der Waals surface area contributed by atoms with Crippen molar-refractivity contribution in [3.05, 3.63) is 40.0 Å². The maximum absolute atomic E-state index is 13.0. The van der Waals surface area contributed by atoms with Crippen LogP contribution >= 0.6 is 23.1 Å². The van der Waals surface area contributed by atoms with Crippen molar-refractivity contribution >= 4 is 29.1 Å². The van der Waals surface area contributed by atoms with Gasteiger partial charge in [0.15, 0.2) is 0 Å². The number of carbonyl (C=O) groups is 1. The third-order valence-corrected chi connectivity index (χ3v) is 3.40. The van der Waals surface area contributed by atoms with E-state index in [-0.39, 0.29) is 5.02 Å². The molecule has 0 saturated heterocycles. The van der Waals surface area contributed by atoms with Crippen molar-refractivity contribution in [2.45, 2.75) is 26.4 Å². The number of benzene rings is 1. The summed E-state index contributed by atoms with van der Waals surface area (Å²) in [5.74, 6) is -0.846. The normalized spacial score (nSPS) is 11.4. The van der Waals surface area contributed by atoms with Crippen LogP contribution in [0.5, 0.6) is 0 Å². The maximum atomic E-state index is 13.0. The first-order valence-electron chi connectivity index (χ1n) is 5.92. The molecule has 2 rings (SSSR count). The molecule has 2 aromatic rings. The van der Waals surface area contributed by atoms with Crippen molar-refractivity contribution in [3.8, 4) is 11.3 Å². The van der Waals surface area contributed by atoms with Gasteiger partial charge in [-0.15, -0.1) is 0 Å². The number of carbonyl (C=O) groups excluding carboxylic acids is 1. The van der Waals surface area contributed by atoms with Gasteiger partial charge in [0, 0.05) is 5.56 Å². The third kappa shape index (κ3) is 3.55. The Bertz CT molecular complexity index is 649. The number of rotatable bonds is 2. The smallest absolute Gasteiger partial charge is 0.350 e. The van der Waals surface area contributed by atoms with Crippen molar-refractivity contribution < 1.29 is 13.9 Å². The minimum Gasteiger partial charge on any atom is -0.456 e. The summed E-state index contributed by atoms with van der Waals surface area (Å²) in [7, 11) is 0. The molecule has 3 nitrogen and oxygen atoms in total. The molecule has 0 aliphatic heterocycles. The molecular weight excluding hydrogens is 301 g/mol. The van der Waals surface area contributed by atoms with Gasteiger partial charge in [0.2, 0.25) is 0 Å². The highest BCUT2D eigenvalue weighted by Crippen LogP contribution is 2.30. The van der Waals surface area contributed by atoms with E-state index in [1.165, 1.54) is 18.2 Å². The lowest BCUT2D eigenvalue weighted by Crippen LogP contribution is -2.23. The van der Waals surface area contributed by atoms with Gasteiger partial charge >= 0.3 is 5.97 Å². The lowest BCUT2D eigenvalue weighted by atomic mass is 10.1. The Morgan fingerprint density at radius 2 is 2.05 bits per heavy atom. The van der Waals surface area contributed by atoms with Gasteiger partial charge in [0.1, 0.15) is 16.3 Å². The number of hydrogen-bond donors (Lipinski definition) is 0. The van der Waals surface area contributed by atoms with Crippen LogP contribution in [0.15, 0.2) is 24.3 Å². The second-order valence-electron chi connectivity index (χ2n) is 5.20. The Morgan fingerprint density at radius 3 is 2.65 bits per heavy atom. The van der Waals surface area contributed by atoms with Crippen LogP contribution in [-0.2, 0) is 4.74 Å². The van der Waals surface area contributed by atoms with Gasteiger partial charge in [-0.25, -0.2) is 9.18 Å². The fraction of sp³-hybridized carbons (Fsp3) is 0.286. The monoisotopic (exact) mass is 313 g/mol. The number of hydrogen-bond acceptors (Lipinski definition) is 4. The largest absolute Gasteiger partial charge is 0.456 e. The van der Waals surface area contributed by atoms with E-state index in [0.717, 1.165) is 11.5 Å². The highest BCUT2D eigenvalue weighted by Gasteiger charge is 2.20.